The number of carbonyl (C=O) groups excluding carboxylic acids is 2. The standard InChI is InChI=1S/C25H20BrN3O6/c1-34-22-13-18(11-20(26)23(22)35-15-17-7-9-19(10-8-17)29(32)33)12-21-24(30)28(25(31)27-21)14-16-5-3-2-4-6-16/h2-13H,14-15H2,1H3,(H,27,31)/b21-12+. The number of non-ortho nitro benzene ring substituents is 1. The van der Waals surface area contributed by atoms with E-state index >= 15 is 0 Å². The lowest BCUT2D eigenvalue weighted by Crippen LogP contribution is -2.30. The van der Waals surface area contributed by atoms with E-state index in [1.807, 2.05) is 30.3 Å². The summed E-state index contributed by atoms with van der Waals surface area (Å²) in [4.78, 5) is 36.7. The first kappa shape index (κ1) is 24.0. The molecule has 0 spiro atoms. The van der Waals surface area contributed by atoms with Gasteiger partial charge >= 0.3 is 6.03 Å². The van der Waals surface area contributed by atoms with Crippen molar-refractivity contribution in [2.75, 3.05) is 7.11 Å². The van der Waals surface area contributed by atoms with E-state index in [-0.39, 0.29) is 24.5 Å². The van der Waals surface area contributed by atoms with Crippen LogP contribution in [0.25, 0.3) is 6.08 Å². The van der Waals surface area contributed by atoms with Crippen molar-refractivity contribution in [1.29, 1.82) is 0 Å². The molecule has 3 aromatic carbocycles. The number of carbonyl (C=O) groups is 2. The van der Waals surface area contributed by atoms with Crippen LogP contribution in [0.15, 0.2) is 76.9 Å². The Bertz CT molecular complexity index is 1310. The normalized spacial score (nSPS) is 14.2. The molecule has 1 saturated heterocycles. The molecule has 1 aliphatic rings. The summed E-state index contributed by atoms with van der Waals surface area (Å²) in [5.41, 5.74) is 2.35. The van der Waals surface area contributed by atoms with E-state index in [9.17, 15) is 19.7 Å². The monoisotopic (exact) mass is 537 g/mol. The molecule has 0 aromatic heterocycles. The fourth-order valence-electron chi connectivity index (χ4n) is 3.48. The summed E-state index contributed by atoms with van der Waals surface area (Å²) >= 11 is 3.47. The third-order valence-electron chi connectivity index (χ3n) is 5.24. The second-order valence-corrected chi connectivity index (χ2v) is 8.47. The summed E-state index contributed by atoms with van der Waals surface area (Å²) < 4.78 is 11.9. The number of nitrogens with one attached hydrogen (secondary N) is 1. The number of imide groups is 1. The second-order valence-electron chi connectivity index (χ2n) is 7.61. The maximum absolute atomic E-state index is 12.8. The minimum atomic E-state index is -0.487. The number of urea groups is 1. The zero-order chi connectivity index (χ0) is 24.9. The van der Waals surface area contributed by atoms with Gasteiger partial charge in [0.25, 0.3) is 11.6 Å². The largest absolute Gasteiger partial charge is 0.493 e. The number of methoxy groups -OCH3 is 1. The molecule has 1 N–H and O–H groups in total. The Balaban J connectivity index is 1.51. The van der Waals surface area contributed by atoms with Crippen LogP contribution in [-0.2, 0) is 17.9 Å². The first-order chi connectivity index (χ1) is 16.9. The van der Waals surface area contributed by atoms with Gasteiger partial charge in [-0.05, 0) is 63.0 Å². The van der Waals surface area contributed by atoms with Crippen LogP contribution in [0.5, 0.6) is 11.5 Å². The lowest BCUT2D eigenvalue weighted by Gasteiger charge is -2.14. The summed E-state index contributed by atoms with van der Waals surface area (Å²) in [6.07, 6.45) is 1.57. The SMILES string of the molecule is COc1cc(/C=C2/NC(=O)N(Cc3ccccc3)C2=O)cc(Br)c1OCc1ccc([N+](=O)[O-])cc1. The van der Waals surface area contributed by atoms with E-state index in [1.54, 1.807) is 30.3 Å². The Labute approximate surface area is 209 Å². The van der Waals surface area contributed by atoms with E-state index in [0.29, 0.717) is 21.5 Å². The van der Waals surface area contributed by atoms with Gasteiger partial charge in [0.1, 0.15) is 12.3 Å². The highest BCUT2D eigenvalue weighted by Crippen LogP contribution is 2.38. The van der Waals surface area contributed by atoms with Crippen molar-refractivity contribution in [2.45, 2.75) is 13.2 Å². The Kier molecular flexibility index (Phi) is 7.11. The number of hydrogen-bond donors (Lipinski definition) is 1. The van der Waals surface area contributed by atoms with Gasteiger partial charge < -0.3 is 14.8 Å². The lowest BCUT2D eigenvalue weighted by molar-refractivity contribution is -0.384. The first-order valence-corrected chi connectivity index (χ1v) is 11.3. The van der Waals surface area contributed by atoms with Crippen molar-refractivity contribution in [3.63, 3.8) is 0 Å². The molecule has 0 radical (unpaired) electrons. The number of amides is 3. The molecule has 0 bridgehead atoms. The predicted octanol–water partition coefficient (Wildman–Crippen LogP) is 5.04. The number of nitro groups is 1. The number of ether oxygens (including phenoxy) is 2. The van der Waals surface area contributed by atoms with Gasteiger partial charge in [0.2, 0.25) is 0 Å². The third-order valence-corrected chi connectivity index (χ3v) is 5.83. The Morgan fingerprint density at radius 2 is 1.77 bits per heavy atom. The van der Waals surface area contributed by atoms with Gasteiger partial charge in [-0.15, -0.1) is 0 Å². The zero-order valence-corrected chi connectivity index (χ0v) is 20.2. The molecule has 4 rings (SSSR count). The predicted molar refractivity (Wildman–Crippen MR) is 132 cm³/mol. The summed E-state index contributed by atoms with van der Waals surface area (Å²) in [7, 11) is 1.49. The minimum absolute atomic E-state index is 0.000728. The molecule has 0 unspecified atom stereocenters. The first-order valence-electron chi connectivity index (χ1n) is 10.5. The molecule has 1 fully saturated rings. The Morgan fingerprint density at radius 3 is 2.43 bits per heavy atom. The van der Waals surface area contributed by atoms with E-state index in [2.05, 4.69) is 21.2 Å². The number of nitro benzene ring substituents is 1. The number of benzene rings is 3. The molecule has 0 aliphatic carbocycles. The lowest BCUT2D eigenvalue weighted by atomic mass is 10.1. The van der Waals surface area contributed by atoms with Crippen LogP contribution in [0.1, 0.15) is 16.7 Å². The average Bonchev–Trinajstić information content (AvgIpc) is 3.11. The zero-order valence-electron chi connectivity index (χ0n) is 18.6. The molecule has 3 amide bonds. The van der Waals surface area contributed by atoms with Crippen LogP contribution < -0.4 is 14.8 Å². The highest BCUT2D eigenvalue weighted by atomic mass is 79.9. The highest BCUT2D eigenvalue weighted by molar-refractivity contribution is 9.10. The van der Waals surface area contributed by atoms with E-state index in [0.717, 1.165) is 16.0 Å². The molecular formula is C25H20BrN3O6. The van der Waals surface area contributed by atoms with Gasteiger partial charge in [-0.25, -0.2) is 4.79 Å². The van der Waals surface area contributed by atoms with E-state index in [1.165, 1.54) is 19.2 Å². The smallest absolute Gasteiger partial charge is 0.329 e. The second kappa shape index (κ2) is 10.4. The molecule has 0 atom stereocenters. The van der Waals surface area contributed by atoms with E-state index < -0.39 is 16.9 Å². The topological polar surface area (TPSA) is 111 Å². The Hall–Kier alpha value is -4.18. The van der Waals surface area contributed by atoms with Crippen LogP contribution >= 0.6 is 15.9 Å². The fourth-order valence-corrected chi connectivity index (χ4v) is 4.05. The molecule has 0 saturated carbocycles. The van der Waals surface area contributed by atoms with Gasteiger partial charge in [0, 0.05) is 12.1 Å². The molecular weight excluding hydrogens is 518 g/mol. The van der Waals surface area contributed by atoms with Gasteiger partial charge in [0.05, 0.1) is 23.1 Å². The van der Waals surface area contributed by atoms with Crippen molar-refractivity contribution in [2.24, 2.45) is 0 Å². The van der Waals surface area contributed by atoms with Crippen LogP contribution in [0, 0.1) is 10.1 Å². The van der Waals surface area contributed by atoms with Crippen molar-refractivity contribution in [1.82, 2.24) is 10.2 Å². The number of halogens is 1. The van der Waals surface area contributed by atoms with Crippen LogP contribution in [0.4, 0.5) is 10.5 Å². The number of nitrogens with zero attached hydrogens (tertiary/aromatic N) is 2. The maximum Gasteiger partial charge on any atom is 0.329 e. The van der Waals surface area contributed by atoms with Crippen molar-refractivity contribution in [3.05, 3.63) is 104 Å². The molecule has 9 nitrogen and oxygen atoms in total. The number of rotatable bonds is 8. The quantitative estimate of drug-likeness (QED) is 0.186. The van der Waals surface area contributed by atoms with Crippen molar-refractivity contribution in [3.8, 4) is 11.5 Å². The molecule has 35 heavy (non-hydrogen) atoms. The fraction of sp³-hybridized carbons (Fsp3) is 0.120. The van der Waals surface area contributed by atoms with E-state index in [4.69, 9.17) is 9.47 Å². The summed E-state index contributed by atoms with van der Waals surface area (Å²) in [6.45, 7) is 0.335. The van der Waals surface area contributed by atoms with Gasteiger partial charge in [-0.3, -0.25) is 19.8 Å². The maximum atomic E-state index is 12.8. The molecule has 10 heteroatoms. The van der Waals surface area contributed by atoms with Crippen molar-refractivity contribution < 1.29 is 24.0 Å². The molecule has 1 heterocycles. The van der Waals surface area contributed by atoms with Gasteiger partial charge in [-0.1, -0.05) is 30.3 Å². The minimum Gasteiger partial charge on any atom is -0.493 e. The molecule has 178 valence electrons. The number of hydrogen-bond acceptors (Lipinski definition) is 6. The summed E-state index contributed by atoms with van der Waals surface area (Å²) in [5, 5.41) is 13.4. The third kappa shape index (κ3) is 5.49. The van der Waals surface area contributed by atoms with Crippen LogP contribution in [-0.4, -0.2) is 28.9 Å². The summed E-state index contributed by atoms with van der Waals surface area (Å²) in [5.74, 6) is 0.416. The summed E-state index contributed by atoms with van der Waals surface area (Å²) in [6, 6.07) is 18.2. The van der Waals surface area contributed by atoms with Crippen LogP contribution in [0.3, 0.4) is 0 Å². The average molecular weight is 538 g/mol. The van der Waals surface area contributed by atoms with Gasteiger partial charge in [-0.2, -0.15) is 0 Å². The molecule has 1 aliphatic heterocycles. The van der Waals surface area contributed by atoms with Crippen LogP contribution in [0.2, 0.25) is 0 Å². The van der Waals surface area contributed by atoms with Gasteiger partial charge in [0.15, 0.2) is 11.5 Å². The highest BCUT2D eigenvalue weighted by Gasteiger charge is 2.33. The van der Waals surface area contributed by atoms with Crippen molar-refractivity contribution >= 4 is 39.6 Å². The Morgan fingerprint density at radius 1 is 1.06 bits per heavy atom. The molecule has 3 aromatic rings.